The van der Waals surface area contributed by atoms with Gasteiger partial charge in [-0.25, -0.2) is 0 Å². The van der Waals surface area contributed by atoms with Crippen LogP contribution < -0.4 is 4.90 Å². The van der Waals surface area contributed by atoms with Crippen molar-refractivity contribution in [3.05, 3.63) is 70.3 Å². The van der Waals surface area contributed by atoms with Gasteiger partial charge in [-0.15, -0.1) is 23.2 Å². The summed E-state index contributed by atoms with van der Waals surface area (Å²) in [6, 6.07) is 16.0. The fourth-order valence-corrected chi connectivity index (χ4v) is 3.74. The van der Waals surface area contributed by atoms with E-state index in [0.717, 1.165) is 30.6 Å². The number of para-hydroxylation sites is 1. The first-order valence-electron chi connectivity index (χ1n) is 8.58. The highest BCUT2D eigenvalue weighted by Gasteiger charge is 2.49. The van der Waals surface area contributed by atoms with Gasteiger partial charge in [0.05, 0.1) is 16.3 Å². The molecule has 2 saturated heterocycles. The maximum atomic E-state index is 12.9. The largest absolute Gasteiger partial charge is 0.291 e. The Labute approximate surface area is 167 Å². The first-order valence-corrected chi connectivity index (χ1v) is 9.65. The lowest BCUT2D eigenvalue weighted by Gasteiger charge is -2.29. The number of anilines is 1. The van der Waals surface area contributed by atoms with Gasteiger partial charge >= 0.3 is 0 Å². The molecule has 2 aromatic carbocycles. The monoisotopic (exact) mass is 407 g/mol. The van der Waals surface area contributed by atoms with E-state index in [0.29, 0.717) is 0 Å². The van der Waals surface area contributed by atoms with Crippen LogP contribution in [0.25, 0.3) is 0 Å². The number of non-ortho nitro benzene ring substituents is 1. The molecule has 2 aromatic rings. The Hall–Kier alpha value is -2.15. The van der Waals surface area contributed by atoms with Gasteiger partial charge in [-0.3, -0.25) is 24.7 Å². The fraction of sp³-hybridized carbons (Fsp3) is 0.316. The smallest absolute Gasteiger partial charge is 0.269 e. The summed E-state index contributed by atoms with van der Waals surface area (Å²) in [6.07, 6.45) is 1.67. The van der Waals surface area contributed by atoms with Crippen LogP contribution in [0, 0.1) is 10.1 Å². The van der Waals surface area contributed by atoms with Gasteiger partial charge in [-0.05, 0) is 42.7 Å². The second-order valence-corrected chi connectivity index (χ2v) is 7.07. The van der Waals surface area contributed by atoms with Crippen molar-refractivity contribution in [3.8, 4) is 0 Å². The molecular weight excluding hydrogens is 389 g/mol. The number of nitro groups is 1. The molecule has 27 heavy (non-hydrogen) atoms. The molecule has 142 valence electrons. The number of nitro benzene ring substituents is 1. The summed E-state index contributed by atoms with van der Waals surface area (Å²) in [6.45, 7) is 0.862. The number of benzene rings is 2. The number of alkyl halides is 2. The minimum atomic E-state index is -0.406. The van der Waals surface area contributed by atoms with E-state index in [1.165, 1.54) is 12.1 Å². The summed E-state index contributed by atoms with van der Waals surface area (Å²) in [4.78, 5) is 27.4. The van der Waals surface area contributed by atoms with Crippen LogP contribution in [0.2, 0.25) is 0 Å². The van der Waals surface area contributed by atoms with Gasteiger partial charge in [0, 0.05) is 24.4 Å². The quantitative estimate of drug-likeness (QED) is 0.425. The number of halogens is 2. The molecule has 0 N–H and O–H groups in total. The van der Waals surface area contributed by atoms with Gasteiger partial charge in [0.25, 0.3) is 5.69 Å². The number of carbonyl (C=O) groups excluding carboxylic acids is 1. The zero-order valence-corrected chi connectivity index (χ0v) is 16.0. The van der Waals surface area contributed by atoms with E-state index in [2.05, 4.69) is 4.90 Å². The minimum Gasteiger partial charge on any atom is -0.291 e. The molecule has 4 rings (SSSR count). The van der Waals surface area contributed by atoms with Crippen LogP contribution in [0.3, 0.4) is 0 Å². The predicted molar refractivity (Wildman–Crippen MR) is 106 cm³/mol. The molecule has 2 fully saturated rings. The highest BCUT2D eigenvalue weighted by Crippen LogP contribution is 2.42. The Morgan fingerprint density at radius 3 is 2.30 bits per heavy atom. The van der Waals surface area contributed by atoms with E-state index in [-0.39, 0.29) is 29.1 Å². The van der Waals surface area contributed by atoms with E-state index >= 15 is 0 Å². The normalized spacial score (nSPS) is 21.6. The number of carbonyl (C=O) groups is 1. The Morgan fingerprint density at radius 2 is 1.70 bits per heavy atom. The lowest BCUT2D eigenvalue weighted by Crippen LogP contribution is -2.32. The molecule has 0 radical (unpaired) electrons. The molecule has 0 bridgehead atoms. The van der Waals surface area contributed by atoms with Crippen LogP contribution in [0.15, 0.2) is 54.6 Å². The molecule has 0 aromatic heterocycles. The zero-order valence-electron chi connectivity index (χ0n) is 14.5. The highest BCUT2D eigenvalue weighted by atomic mass is 35.5. The predicted octanol–water partition coefficient (Wildman–Crippen LogP) is 4.53. The van der Waals surface area contributed by atoms with Crippen molar-refractivity contribution in [2.75, 3.05) is 16.8 Å². The van der Waals surface area contributed by atoms with Crippen LogP contribution in [0.4, 0.5) is 11.4 Å². The topological polar surface area (TPSA) is 66.7 Å². The van der Waals surface area contributed by atoms with Crippen molar-refractivity contribution in [3.63, 3.8) is 0 Å². The third kappa shape index (κ3) is 3.93. The van der Waals surface area contributed by atoms with Crippen molar-refractivity contribution >= 4 is 40.5 Å². The van der Waals surface area contributed by atoms with E-state index in [1.54, 1.807) is 12.1 Å². The van der Waals surface area contributed by atoms with Crippen LogP contribution in [-0.4, -0.2) is 33.7 Å². The second kappa shape index (κ2) is 8.69. The van der Waals surface area contributed by atoms with Crippen molar-refractivity contribution < 1.29 is 9.72 Å². The maximum Gasteiger partial charge on any atom is 0.269 e. The number of nitrogens with zero attached hydrogens (tertiary/aromatic N) is 3. The Bertz CT molecular complexity index is 802. The molecule has 2 aliphatic heterocycles. The van der Waals surface area contributed by atoms with E-state index in [4.69, 9.17) is 23.2 Å². The van der Waals surface area contributed by atoms with Gasteiger partial charge in [0.1, 0.15) is 6.17 Å². The molecule has 6 nitrogen and oxygen atoms in total. The van der Waals surface area contributed by atoms with Crippen molar-refractivity contribution in [1.82, 2.24) is 4.90 Å². The number of fused-ring (bicyclic) bond motifs is 1. The Kier molecular flexibility index (Phi) is 6.31. The van der Waals surface area contributed by atoms with Crippen molar-refractivity contribution in [2.24, 2.45) is 0 Å². The van der Waals surface area contributed by atoms with Crippen LogP contribution in [0.1, 0.15) is 24.6 Å². The summed E-state index contributed by atoms with van der Waals surface area (Å²) in [5, 5.41) is 11.1. The lowest BCUT2D eigenvalue weighted by atomic mass is 10.1. The average Bonchev–Trinajstić information content (AvgIpc) is 3.25. The fourth-order valence-electron chi connectivity index (χ4n) is 3.74. The van der Waals surface area contributed by atoms with E-state index in [9.17, 15) is 14.9 Å². The standard InChI is InChI=1S/C18H17N3O3.CH2Cl2/c22-18-16-7-4-12-19(16)17(20(18)14-5-2-1-3-6-14)13-8-10-15(11-9-13)21(23)24;2-1-3/h1-3,5-6,8-11,16-17H,4,7,12H2;1H2/t16-,17-;/m0./s1. The second-order valence-electron chi connectivity index (χ2n) is 6.26. The maximum absolute atomic E-state index is 12.9. The van der Waals surface area contributed by atoms with Crippen LogP contribution >= 0.6 is 23.2 Å². The Morgan fingerprint density at radius 1 is 1.07 bits per heavy atom. The molecule has 0 saturated carbocycles. The molecule has 2 heterocycles. The van der Waals surface area contributed by atoms with Crippen molar-refractivity contribution in [1.29, 1.82) is 0 Å². The lowest BCUT2D eigenvalue weighted by molar-refractivity contribution is -0.384. The molecule has 0 unspecified atom stereocenters. The molecular formula is C19H19Cl2N3O3. The molecule has 2 aliphatic rings. The zero-order chi connectivity index (χ0) is 19.4. The third-order valence-corrected chi connectivity index (χ3v) is 4.81. The first kappa shape index (κ1) is 19.6. The highest BCUT2D eigenvalue weighted by molar-refractivity contribution is 6.40. The number of amides is 1. The molecule has 8 heteroatoms. The van der Waals surface area contributed by atoms with Gasteiger partial charge in [-0.2, -0.15) is 0 Å². The van der Waals surface area contributed by atoms with Gasteiger partial charge in [0.2, 0.25) is 5.91 Å². The summed E-state index contributed by atoms with van der Waals surface area (Å²) >= 11 is 9.53. The molecule has 0 aliphatic carbocycles. The van der Waals surface area contributed by atoms with Crippen LogP contribution in [0.5, 0.6) is 0 Å². The number of rotatable bonds is 3. The minimum absolute atomic E-state index is 0.0623. The van der Waals surface area contributed by atoms with Crippen molar-refractivity contribution in [2.45, 2.75) is 25.0 Å². The SMILES string of the molecule is ClCCl.O=C1[C@@H]2CCCN2[C@H](c2ccc([N+](=O)[O-])cc2)N1c1ccccc1. The van der Waals surface area contributed by atoms with Gasteiger partial charge in [0.15, 0.2) is 0 Å². The summed E-state index contributed by atoms with van der Waals surface area (Å²) in [5.74, 6) is 0.113. The first-order chi connectivity index (χ1) is 13.1. The molecule has 0 spiro atoms. The number of hydrogen-bond acceptors (Lipinski definition) is 4. The molecule has 1 amide bonds. The Balaban J connectivity index is 0.000000659. The number of hydrogen-bond donors (Lipinski definition) is 0. The van der Waals surface area contributed by atoms with Crippen LogP contribution in [-0.2, 0) is 4.79 Å². The summed E-state index contributed by atoms with van der Waals surface area (Å²) in [7, 11) is 0. The molecule has 2 atom stereocenters. The van der Waals surface area contributed by atoms with Gasteiger partial charge in [-0.1, -0.05) is 18.2 Å². The summed E-state index contributed by atoms with van der Waals surface area (Å²) < 4.78 is 0. The third-order valence-electron chi connectivity index (χ3n) is 4.81. The van der Waals surface area contributed by atoms with E-state index < -0.39 is 4.92 Å². The summed E-state index contributed by atoms with van der Waals surface area (Å²) in [5.41, 5.74) is 1.83. The van der Waals surface area contributed by atoms with E-state index in [1.807, 2.05) is 35.2 Å². The van der Waals surface area contributed by atoms with Gasteiger partial charge < -0.3 is 0 Å². The average molecular weight is 408 g/mol.